The number of ether oxygens (including phenoxy) is 1. The van der Waals surface area contributed by atoms with Crippen LogP contribution in [0.25, 0.3) is 0 Å². The van der Waals surface area contributed by atoms with Crippen molar-refractivity contribution >= 4 is 17.5 Å². The van der Waals surface area contributed by atoms with Crippen LogP contribution in [0, 0.1) is 5.92 Å². The number of hydrogen-bond donors (Lipinski definition) is 3. The van der Waals surface area contributed by atoms with E-state index in [0.717, 1.165) is 36.6 Å². The standard InChI is InChI=1S/C20H27N5O2/c1-13(2)19-16(4-3-9-27-19)25-18-10-17(23-12-24-18)22-11-14-5-7-15(8-6-14)20(21)26/h5-8,10,12-13,16,19H,3-4,9,11H2,1-2H3,(H2,21,26)(H2,22,23,24,25)/t16-,19-/m1/s1. The highest BCUT2D eigenvalue weighted by atomic mass is 16.5. The summed E-state index contributed by atoms with van der Waals surface area (Å²) in [7, 11) is 0. The second-order valence-electron chi connectivity index (χ2n) is 7.18. The van der Waals surface area contributed by atoms with E-state index in [1.54, 1.807) is 18.5 Å². The number of nitrogens with one attached hydrogen (secondary N) is 2. The van der Waals surface area contributed by atoms with Gasteiger partial charge < -0.3 is 21.1 Å². The molecule has 7 heteroatoms. The molecule has 1 amide bonds. The highest BCUT2D eigenvalue weighted by molar-refractivity contribution is 5.92. The molecule has 1 saturated heterocycles. The molecule has 144 valence electrons. The fourth-order valence-corrected chi connectivity index (χ4v) is 3.32. The van der Waals surface area contributed by atoms with Gasteiger partial charge in [0.25, 0.3) is 0 Å². The number of benzene rings is 1. The zero-order valence-electron chi connectivity index (χ0n) is 15.8. The quantitative estimate of drug-likeness (QED) is 0.694. The van der Waals surface area contributed by atoms with Gasteiger partial charge in [-0.15, -0.1) is 0 Å². The van der Waals surface area contributed by atoms with Gasteiger partial charge in [-0.05, 0) is 36.5 Å². The highest BCUT2D eigenvalue weighted by Gasteiger charge is 2.28. The Morgan fingerprint density at radius 3 is 2.70 bits per heavy atom. The summed E-state index contributed by atoms with van der Waals surface area (Å²) in [6.07, 6.45) is 3.86. The fourth-order valence-electron chi connectivity index (χ4n) is 3.32. The molecule has 0 saturated carbocycles. The van der Waals surface area contributed by atoms with E-state index < -0.39 is 5.91 Å². The van der Waals surface area contributed by atoms with Gasteiger partial charge in [-0.3, -0.25) is 4.79 Å². The first kappa shape index (κ1) is 19.1. The predicted octanol–water partition coefficient (Wildman–Crippen LogP) is 2.80. The first-order chi connectivity index (χ1) is 13.0. The van der Waals surface area contributed by atoms with Crippen LogP contribution in [0.2, 0.25) is 0 Å². The molecule has 1 aromatic carbocycles. The first-order valence-electron chi connectivity index (χ1n) is 9.35. The van der Waals surface area contributed by atoms with Gasteiger partial charge in [0.05, 0.1) is 12.1 Å². The zero-order valence-corrected chi connectivity index (χ0v) is 15.8. The van der Waals surface area contributed by atoms with Gasteiger partial charge in [0.1, 0.15) is 18.0 Å². The van der Waals surface area contributed by atoms with Crippen LogP contribution in [0.15, 0.2) is 36.7 Å². The maximum Gasteiger partial charge on any atom is 0.248 e. The van der Waals surface area contributed by atoms with E-state index in [1.165, 1.54) is 0 Å². The van der Waals surface area contributed by atoms with E-state index in [-0.39, 0.29) is 12.1 Å². The lowest BCUT2D eigenvalue weighted by molar-refractivity contribution is -0.0203. The molecular formula is C20H27N5O2. The van der Waals surface area contributed by atoms with Gasteiger partial charge in [0.2, 0.25) is 5.91 Å². The van der Waals surface area contributed by atoms with E-state index in [2.05, 4.69) is 34.4 Å². The molecule has 0 radical (unpaired) electrons. The minimum atomic E-state index is -0.424. The Balaban J connectivity index is 1.60. The predicted molar refractivity (Wildman–Crippen MR) is 106 cm³/mol. The van der Waals surface area contributed by atoms with E-state index in [9.17, 15) is 4.79 Å². The lowest BCUT2D eigenvalue weighted by Crippen LogP contribution is -2.43. The minimum Gasteiger partial charge on any atom is -0.376 e. The number of nitrogens with two attached hydrogens (primary N) is 1. The fraction of sp³-hybridized carbons (Fsp3) is 0.450. The minimum absolute atomic E-state index is 0.189. The van der Waals surface area contributed by atoms with Crippen LogP contribution >= 0.6 is 0 Å². The van der Waals surface area contributed by atoms with E-state index in [1.807, 2.05) is 18.2 Å². The molecule has 2 atom stereocenters. The number of carbonyl (C=O) groups excluding carboxylic acids is 1. The van der Waals surface area contributed by atoms with Gasteiger partial charge in [0.15, 0.2) is 0 Å². The summed E-state index contributed by atoms with van der Waals surface area (Å²) in [6, 6.07) is 9.36. The van der Waals surface area contributed by atoms with Crippen LogP contribution in [0.5, 0.6) is 0 Å². The molecule has 2 heterocycles. The largest absolute Gasteiger partial charge is 0.376 e. The molecule has 2 aromatic rings. The summed E-state index contributed by atoms with van der Waals surface area (Å²) in [5.74, 6) is 1.56. The Kier molecular flexibility index (Phi) is 6.24. The summed E-state index contributed by atoms with van der Waals surface area (Å²) >= 11 is 0. The monoisotopic (exact) mass is 369 g/mol. The molecule has 0 aliphatic carbocycles. The summed E-state index contributed by atoms with van der Waals surface area (Å²) in [5, 5.41) is 6.79. The van der Waals surface area contributed by atoms with Crippen molar-refractivity contribution in [2.24, 2.45) is 11.7 Å². The van der Waals surface area contributed by atoms with Gasteiger partial charge >= 0.3 is 0 Å². The normalized spacial score (nSPS) is 19.7. The van der Waals surface area contributed by atoms with E-state index in [4.69, 9.17) is 10.5 Å². The van der Waals surface area contributed by atoms with Crippen LogP contribution in [0.1, 0.15) is 42.6 Å². The van der Waals surface area contributed by atoms with Crippen molar-refractivity contribution in [3.05, 3.63) is 47.8 Å². The smallest absolute Gasteiger partial charge is 0.248 e. The molecule has 7 nitrogen and oxygen atoms in total. The van der Waals surface area contributed by atoms with Gasteiger partial charge in [-0.2, -0.15) is 0 Å². The second kappa shape index (κ2) is 8.81. The number of amides is 1. The van der Waals surface area contributed by atoms with Crippen LogP contribution in [0.3, 0.4) is 0 Å². The molecule has 0 unspecified atom stereocenters. The van der Waals surface area contributed by atoms with Crippen molar-refractivity contribution in [2.75, 3.05) is 17.2 Å². The van der Waals surface area contributed by atoms with E-state index >= 15 is 0 Å². The average Bonchev–Trinajstić information content (AvgIpc) is 2.67. The number of nitrogens with zero attached hydrogens (tertiary/aromatic N) is 2. The second-order valence-corrected chi connectivity index (χ2v) is 7.18. The summed E-state index contributed by atoms with van der Waals surface area (Å²) in [6.45, 7) is 5.78. The molecule has 1 aliphatic rings. The lowest BCUT2D eigenvalue weighted by atomic mass is 9.94. The molecule has 1 aromatic heterocycles. The van der Waals surface area contributed by atoms with Crippen molar-refractivity contribution in [1.82, 2.24) is 9.97 Å². The SMILES string of the molecule is CC(C)[C@H]1OCCC[C@H]1Nc1cc(NCc2ccc(C(N)=O)cc2)ncn1. The molecule has 0 bridgehead atoms. The Morgan fingerprint density at radius 2 is 2.00 bits per heavy atom. The molecule has 3 rings (SSSR count). The summed E-state index contributed by atoms with van der Waals surface area (Å²) in [5.41, 5.74) is 6.80. The molecule has 1 aliphatic heterocycles. The van der Waals surface area contributed by atoms with Crippen molar-refractivity contribution in [3.8, 4) is 0 Å². The number of anilines is 2. The van der Waals surface area contributed by atoms with Crippen LogP contribution < -0.4 is 16.4 Å². The third-order valence-electron chi connectivity index (χ3n) is 4.74. The summed E-state index contributed by atoms with van der Waals surface area (Å²) < 4.78 is 5.93. The maximum atomic E-state index is 11.1. The number of aromatic nitrogens is 2. The first-order valence-corrected chi connectivity index (χ1v) is 9.35. The lowest BCUT2D eigenvalue weighted by Gasteiger charge is -2.35. The molecular weight excluding hydrogens is 342 g/mol. The molecule has 4 N–H and O–H groups in total. The number of hydrogen-bond acceptors (Lipinski definition) is 6. The Labute approximate surface area is 159 Å². The van der Waals surface area contributed by atoms with Gasteiger partial charge in [0, 0.05) is 24.8 Å². The Bertz CT molecular complexity index is 763. The topological polar surface area (TPSA) is 102 Å². The number of primary amides is 1. The van der Waals surface area contributed by atoms with Crippen LogP contribution in [-0.4, -0.2) is 34.6 Å². The zero-order chi connectivity index (χ0) is 19.2. The van der Waals surface area contributed by atoms with Gasteiger partial charge in [-0.1, -0.05) is 26.0 Å². The highest BCUT2D eigenvalue weighted by Crippen LogP contribution is 2.24. The summed E-state index contributed by atoms with van der Waals surface area (Å²) in [4.78, 5) is 19.8. The molecule has 0 spiro atoms. The number of rotatable bonds is 7. The van der Waals surface area contributed by atoms with Gasteiger partial charge in [-0.25, -0.2) is 9.97 Å². The third kappa shape index (κ3) is 5.17. The van der Waals surface area contributed by atoms with E-state index in [0.29, 0.717) is 18.0 Å². The Morgan fingerprint density at radius 1 is 1.26 bits per heavy atom. The molecule has 1 fully saturated rings. The van der Waals surface area contributed by atoms with Crippen LogP contribution in [0.4, 0.5) is 11.6 Å². The number of carbonyl (C=O) groups is 1. The maximum absolute atomic E-state index is 11.1. The molecule has 27 heavy (non-hydrogen) atoms. The van der Waals surface area contributed by atoms with Crippen molar-refractivity contribution in [2.45, 2.75) is 45.4 Å². The van der Waals surface area contributed by atoms with Crippen molar-refractivity contribution in [1.29, 1.82) is 0 Å². The van der Waals surface area contributed by atoms with Crippen LogP contribution in [-0.2, 0) is 11.3 Å². The third-order valence-corrected chi connectivity index (χ3v) is 4.74. The average molecular weight is 369 g/mol. The van der Waals surface area contributed by atoms with Crippen molar-refractivity contribution in [3.63, 3.8) is 0 Å². The van der Waals surface area contributed by atoms with Crippen molar-refractivity contribution < 1.29 is 9.53 Å². The Hall–Kier alpha value is -2.67.